The first-order valence-corrected chi connectivity index (χ1v) is 6.18. The molecule has 2 nitrogen and oxygen atoms in total. The van der Waals surface area contributed by atoms with Crippen LogP contribution in [-0.4, -0.2) is 19.4 Å². The van der Waals surface area contributed by atoms with E-state index in [1.807, 2.05) is 0 Å². The van der Waals surface area contributed by atoms with Gasteiger partial charge in [0.15, 0.2) is 0 Å². The maximum absolute atomic E-state index is 10.6. The van der Waals surface area contributed by atoms with Gasteiger partial charge >= 0.3 is 0 Å². The molecular formula is C14H17NO. The second-order valence-corrected chi connectivity index (χ2v) is 4.93. The molecule has 84 valence electrons. The summed E-state index contributed by atoms with van der Waals surface area (Å²) in [6, 6.07) is 8.81. The van der Waals surface area contributed by atoms with Crippen molar-refractivity contribution >= 4 is 12.0 Å². The van der Waals surface area contributed by atoms with Crippen molar-refractivity contribution in [3.63, 3.8) is 0 Å². The Hall–Kier alpha value is -1.31. The van der Waals surface area contributed by atoms with Gasteiger partial charge < -0.3 is 9.69 Å². The van der Waals surface area contributed by atoms with Gasteiger partial charge in [-0.1, -0.05) is 12.1 Å². The van der Waals surface area contributed by atoms with Gasteiger partial charge in [-0.3, -0.25) is 0 Å². The lowest BCUT2D eigenvalue weighted by Crippen LogP contribution is -2.17. The number of hydrogen-bond donors (Lipinski definition) is 0. The molecule has 1 aliphatic carbocycles. The third kappa shape index (κ3) is 1.73. The first-order chi connectivity index (χ1) is 7.88. The van der Waals surface area contributed by atoms with Crippen molar-refractivity contribution in [3.05, 3.63) is 29.8 Å². The molecule has 0 aromatic heterocycles. The van der Waals surface area contributed by atoms with Crippen LogP contribution in [0.5, 0.6) is 0 Å². The van der Waals surface area contributed by atoms with E-state index < -0.39 is 0 Å². The molecule has 0 radical (unpaired) electrons. The minimum absolute atomic E-state index is 0.289. The van der Waals surface area contributed by atoms with Gasteiger partial charge in [-0.2, -0.15) is 0 Å². The monoisotopic (exact) mass is 215 g/mol. The highest BCUT2D eigenvalue weighted by Gasteiger charge is 2.37. The van der Waals surface area contributed by atoms with Crippen LogP contribution in [0.4, 0.5) is 5.69 Å². The summed E-state index contributed by atoms with van der Waals surface area (Å²) in [4.78, 5) is 13.1. The van der Waals surface area contributed by atoms with Gasteiger partial charge in [-0.15, -0.1) is 0 Å². The Balaban J connectivity index is 1.72. The van der Waals surface area contributed by atoms with Gasteiger partial charge in [0.05, 0.1) is 0 Å². The van der Waals surface area contributed by atoms with Gasteiger partial charge in [0.2, 0.25) is 0 Å². The van der Waals surface area contributed by atoms with Crippen LogP contribution in [0.3, 0.4) is 0 Å². The van der Waals surface area contributed by atoms with E-state index in [-0.39, 0.29) is 5.92 Å². The standard InChI is InChI=1S/C14H17NO/c16-10-12-9-14(12)11-3-5-13(6-4-11)15-7-1-2-8-15/h3-6,10,12,14H,1-2,7-9H2. The Kier molecular flexibility index (Phi) is 2.43. The zero-order valence-corrected chi connectivity index (χ0v) is 9.43. The zero-order valence-electron chi connectivity index (χ0n) is 9.43. The van der Waals surface area contributed by atoms with E-state index >= 15 is 0 Å². The molecule has 2 aliphatic rings. The number of anilines is 1. The first kappa shape index (κ1) is 9.88. The number of hydrogen-bond acceptors (Lipinski definition) is 2. The van der Waals surface area contributed by atoms with Crippen LogP contribution < -0.4 is 4.90 Å². The van der Waals surface area contributed by atoms with E-state index in [9.17, 15) is 4.79 Å². The van der Waals surface area contributed by atoms with E-state index in [2.05, 4.69) is 29.2 Å². The first-order valence-electron chi connectivity index (χ1n) is 6.18. The van der Waals surface area contributed by atoms with Gasteiger partial charge in [-0.25, -0.2) is 0 Å². The van der Waals surface area contributed by atoms with Crippen molar-refractivity contribution in [1.29, 1.82) is 0 Å². The molecule has 1 saturated heterocycles. The molecule has 1 aromatic carbocycles. The zero-order chi connectivity index (χ0) is 11.0. The predicted molar refractivity (Wildman–Crippen MR) is 64.8 cm³/mol. The highest BCUT2D eigenvalue weighted by atomic mass is 16.1. The summed E-state index contributed by atoms with van der Waals surface area (Å²) in [5.41, 5.74) is 2.67. The molecule has 2 atom stereocenters. The predicted octanol–water partition coefficient (Wildman–Crippen LogP) is 2.59. The van der Waals surface area contributed by atoms with Crippen molar-refractivity contribution in [2.45, 2.75) is 25.2 Å². The number of rotatable bonds is 3. The lowest BCUT2D eigenvalue weighted by atomic mass is 10.1. The van der Waals surface area contributed by atoms with Crippen molar-refractivity contribution in [1.82, 2.24) is 0 Å². The average molecular weight is 215 g/mol. The number of benzene rings is 1. The fourth-order valence-electron chi connectivity index (χ4n) is 2.66. The Bertz CT molecular complexity index is 378. The molecule has 0 amide bonds. The molecule has 3 rings (SSSR count). The normalized spacial score (nSPS) is 28.1. The summed E-state index contributed by atoms with van der Waals surface area (Å²) in [5, 5.41) is 0. The number of carbonyl (C=O) groups is 1. The van der Waals surface area contributed by atoms with Crippen LogP contribution in [0.2, 0.25) is 0 Å². The van der Waals surface area contributed by atoms with E-state index in [1.165, 1.54) is 37.2 Å². The van der Waals surface area contributed by atoms with Gasteiger partial charge in [0.25, 0.3) is 0 Å². The molecule has 0 spiro atoms. The smallest absolute Gasteiger partial charge is 0.123 e. The highest BCUT2D eigenvalue weighted by molar-refractivity contribution is 5.62. The van der Waals surface area contributed by atoms with Gasteiger partial charge in [-0.05, 0) is 42.9 Å². The lowest BCUT2D eigenvalue weighted by molar-refractivity contribution is -0.108. The largest absolute Gasteiger partial charge is 0.372 e. The second-order valence-electron chi connectivity index (χ2n) is 4.93. The van der Waals surface area contributed by atoms with Crippen LogP contribution in [-0.2, 0) is 4.79 Å². The maximum Gasteiger partial charge on any atom is 0.123 e. The molecule has 1 saturated carbocycles. The van der Waals surface area contributed by atoms with Crippen molar-refractivity contribution in [2.24, 2.45) is 5.92 Å². The number of carbonyl (C=O) groups excluding carboxylic acids is 1. The average Bonchev–Trinajstić information content (AvgIpc) is 2.93. The van der Waals surface area contributed by atoms with Crippen LogP contribution in [0.15, 0.2) is 24.3 Å². The molecule has 1 aromatic rings. The van der Waals surface area contributed by atoms with Crippen molar-refractivity contribution < 1.29 is 4.79 Å². The summed E-state index contributed by atoms with van der Waals surface area (Å²) >= 11 is 0. The van der Waals surface area contributed by atoms with Crippen LogP contribution >= 0.6 is 0 Å². The summed E-state index contributed by atoms with van der Waals surface area (Å²) in [6.45, 7) is 2.39. The van der Waals surface area contributed by atoms with Crippen LogP contribution in [0.25, 0.3) is 0 Å². The highest BCUT2D eigenvalue weighted by Crippen LogP contribution is 2.46. The topological polar surface area (TPSA) is 20.3 Å². The Morgan fingerprint density at radius 3 is 2.38 bits per heavy atom. The third-order valence-corrected chi connectivity index (χ3v) is 3.81. The Morgan fingerprint density at radius 1 is 1.12 bits per heavy atom. The fourth-order valence-corrected chi connectivity index (χ4v) is 2.66. The fraction of sp³-hybridized carbons (Fsp3) is 0.500. The van der Waals surface area contributed by atoms with Crippen molar-refractivity contribution in [3.8, 4) is 0 Å². The van der Waals surface area contributed by atoms with Crippen LogP contribution in [0, 0.1) is 5.92 Å². The molecule has 0 N–H and O–H groups in total. The van der Waals surface area contributed by atoms with E-state index in [0.717, 1.165) is 12.7 Å². The van der Waals surface area contributed by atoms with E-state index in [1.54, 1.807) is 0 Å². The molecule has 2 heteroatoms. The molecule has 16 heavy (non-hydrogen) atoms. The third-order valence-electron chi connectivity index (χ3n) is 3.81. The molecule has 2 fully saturated rings. The van der Waals surface area contributed by atoms with Gasteiger partial charge in [0, 0.05) is 24.7 Å². The molecule has 0 bridgehead atoms. The molecular weight excluding hydrogens is 198 g/mol. The molecule has 1 aliphatic heterocycles. The minimum atomic E-state index is 0.289. The summed E-state index contributed by atoms with van der Waals surface area (Å²) in [6.07, 6.45) is 4.78. The molecule has 1 heterocycles. The molecule has 2 unspecified atom stereocenters. The maximum atomic E-state index is 10.6. The minimum Gasteiger partial charge on any atom is -0.372 e. The number of nitrogens with zero attached hydrogens (tertiary/aromatic N) is 1. The van der Waals surface area contributed by atoms with Crippen molar-refractivity contribution in [2.75, 3.05) is 18.0 Å². The summed E-state index contributed by atoms with van der Waals surface area (Å²) < 4.78 is 0. The van der Waals surface area contributed by atoms with E-state index in [0.29, 0.717) is 5.92 Å². The number of aldehydes is 1. The van der Waals surface area contributed by atoms with Gasteiger partial charge in [0.1, 0.15) is 6.29 Å². The SMILES string of the molecule is O=CC1CC1c1ccc(N2CCCC2)cc1. The van der Waals surface area contributed by atoms with Crippen LogP contribution in [0.1, 0.15) is 30.7 Å². The quantitative estimate of drug-likeness (QED) is 0.722. The second kappa shape index (κ2) is 3.93. The Labute approximate surface area is 96.3 Å². The summed E-state index contributed by atoms with van der Waals surface area (Å²) in [5.74, 6) is 0.794. The Morgan fingerprint density at radius 2 is 1.81 bits per heavy atom. The summed E-state index contributed by atoms with van der Waals surface area (Å²) in [7, 11) is 0. The van der Waals surface area contributed by atoms with E-state index in [4.69, 9.17) is 0 Å². The lowest BCUT2D eigenvalue weighted by Gasteiger charge is -2.17.